The molecule has 3 aromatic carbocycles. The third kappa shape index (κ3) is 4.03. The fraction of sp³-hybridized carbons (Fsp3) is 0.115. The zero-order chi connectivity index (χ0) is 23.9. The Bertz CT molecular complexity index is 1500. The van der Waals surface area contributed by atoms with Crippen LogP contribution >= 0.6 is 11.6 Å². The van der Waals surface area contributed by atoms with E-state index in [2.05, 4.69) is 10.4 Å². The number of benzene rings is 3. The van der Waals surface area contributed by atoms with Crippen LogP contribution in [0.15, 0.2) is 89.8 Å². The van der Waals surface area contributed by atoms with Crippen LogP contribution in [0.2, 0.25) is 5.15 Å². The van der Waals surface area contributed by atoms with Gasteiger partial charge >= 0.3 is 0 Å². The summed E-state index contributed by atoms with van der Waals surface area (Å²) >= 11 is 6.62. The van der Waals surface area contributed by atoms with Crippen molar-refractivity contribution in [2.24, 2.45) is 0 Å². The second kappa shape index (κ2) is 8.76. The first-order valence-electron chi connectivity index (χ1n) is 10.7. The molecule has 5 rings (SSSR count). The van der Waals surface area contributed by atoms with E-state index < -0.39 is 16.1 Å². The van der Waals surface area contributed by atoms with Crippen molar-refractivity contribution < 1.29 is 13.2 Å². The van der Waals surface area contributed by atoms with Crippen molar-refractivity contribution in [3.8, 4) is 5.75 Å². The van der Waals surface area contributed by atoms with Crippen molar-refractivity contribution in [1.29, 1.82) is 0 Å². The predicted molar refractivity (Wildman–Crippen MR) is 134 cm³/mol. The number of methoxy groups -OCH3 is 1. The molecule has 0 bridgehead atoms. The van der Waals surface area contributed by atoms with Crippen molar-refractivity contribution in [2.75, 3.05) is 7.11 Å². The largest absolute Gasteiger partial charge is 0.497 e. The minimum absolute atomic E-state index is 0.178. The van der Waals surface area contributed by atoms with E-state index in [9.17, 15) is 8.42 Å². The maximum atomic E-state index is 13.7. The highest BCUT2D eigenvalue weighted by Gasteiger charge is 2.38. The van der Waals surface area contributed by atoms with Gasteiger partial charge in [-0.05, 0) is 72.7 Å². The first-order chi connectivity index (χ1) is 16.4. The molecule has 0 radical (unpaired) electrons. The number of pyridine rings is 1. The number of hydrogen-bond acceptors (Lipinski definition) is 5. The van der Waals surface area contributed by atoms with Gasteiger partial charge in [-0.3, -0.25) is 0 Å². The van der Waals surface area contributed by atoms with Crippen LogP contribution < -0.4 is 10.2 Å². The molecule has 0 aliphatic carbocycles. The lowest BCUT2D eigenvalue weighted by molar-refractivity contribution is 0.348. The minimum Gasteiger partial charge on any atom is -0.497 e. The van der Waals surface area contributed by atoms with Crippen molar-refractivity contribution in [3.05, 3.63) is 107 Å². The second-order valence-electron chi connectivity index (χ2n) is 8.04. The SMILES string of the molecule is COc1ccc(C2=C[C@@H](c3cc4ccc(C)cc4nc3Cl)N(S(=O)(=O)c3ccccc3)N2)cc1. The molecule has 6 nitrogen and oxygen atoms in total. The van der Waals surface area contributed by atoms with Crippen LogP contribution in [0, 0.1) is 6.92 Å². The van der Waals surface area contributed by atoms with Gasteiger partial charge in [-0.25, -0.2) is 13.4 Å². The number of rotatable bonds is 5. The van der Waals surface area contributed by atoms with Gasteiger partial charge in [-0.15, -0.1) is 4.41 Å². The molecule has 172 valence electrons. The highest BCUT2D eigenvalue weighted by atomic mass is 35.5. The molecule has 0 spiro atoms. The van der Waals surface area contributed by atoms with E-state index in [0.717, 1.165) is 22.0 Å². The Kier molecular flexibility index (Phi) is 5.77. The van der Waals surface area contributed by atoms with Crippen molar-refractivity contribution in [3.63, 3.8) is 0 Å². The monoisotopic (exact) mass is 491 g/mol. The number of nitrogens with zero attached hydrogens (tertiary/aromatic N) is 2. The first kappa shape index (κ1) is 22.4. The molecule has 1 aliphatic heterocycles. The molecule has 4 aromatic rings. The maximum Gasteiger partial charge on any atom is 0.260 e. The Hall–Kier alpha value is -3.39. The number of hydrogen-bond donors (Lipinski definition) is 1. The Labute approximate surface area is 203 Å². The van der Waals surface area contributed by atoms with Crippen LogP contribution in [0.3, 0.4) is 0 Å². The quantitative estimate of drug-likeness (QED) is 0.373. The lowest BCUT2D eigenvalue weighted by Gasteiger charge is -2.25. The summed E-state index contributed by atoms with van der Waals surface area (Å²) in [6.45, 7) is 1.99. The van der Waals surface area contributed by atoms with Gasteiger partial charge in [0.1, 0.15) is 10.9 Å². The van der Waals surface area contributed by atoms with Gasteiger partial charge in [0, 0.05) is 10.9 Å². The molecule has 2 heterocycles. The molecule has 0 saturated carbocycles. The Morgan fingerprint density at radius 2 is 1.74 bits per heavy atom. The van der Waals surface area contributed by atoms with E-state index in [1.165, 1.54) is 4.41 Å². The number of sulfonamides is 1. The summed E-state index contributed by atoms with van der Waals surface area (Å²) in [6, 6.07) is 22.8. The Morgan fingerprint density at radius 1 is 1.00 bits per heavy atom. The standard InChI is InChI=1S/C26H22ClN3O3S/c1-17-8-9-19-15-22(26(27)28-23(19)14-17)25-16-24(18-10-12-20(33-2)13-11-18)29-30(25)34(31,32)21-6-4-3-5-7-21/h3-16,25,29H,1-2H3/t25-/m0/s1. The van der Waals surface area contributed by atoms with E-state index in [4.69, 9.17) is 16.3 Å². The number of aryl methyl sites for hydroxylation is 1. The van der Waals surface area contributed by atoms with Gasteiger partial charge in [-0.2, -0.15) is 0 Å². The molecule has 8 heteroatoms. The number of hydrazine groups is 1. The molecule has 1 N–H and O–H groups in total. The zero-order valence-electron chi connectivity index (χ0n) is 18.6. The molecule has 0 saturated heterocycles. The zero-order valence-corrected chi connectivity index (χ0v) is 20.1. The van der Waals surface area contributed by atoms with Crippen LogP contribution in [0.5, 0.6) is 5.75 Å². The number of halogens is 1. The van der Waals surface area contributed by atoms with E-state index in [1.54, 1.807) is 37.4 Å². The van der Waals surface area contributed by atoms with E-state index in [0.29, 0.717) is 17.0 Å². The summed E-state index contributed by atoms with van der Waals surface area (Å²) in [5, 5.41) is 1.14. The highest BCUT2D eigenvalue weighted by Crippen LogP contribution is 2.39. The highest BCUT2D eigenvalue weighted by molar-refractivity contribution is 7.89. The molecule has 34 heavy (non-hydrogen) atoms. The molecular formula is C26H22ClN3O3S. The lowest BCUT2D eigenvalue weighted by atomic mass is 10.0. The fourth-order valence-electron chi connectivity index (χ4n) is 3.99. The molecule has 0 fully saturated rings. The van der Waals surface area contributed by atoms with Gasteiger partial charge in [0.25, 0.3) is 10.0 Å². The molecule has 1 atom stereocenters. The normalized spacial score (nSPS) is 16.3. The van der Waals surface area contributed by atoms with Gasteiger partial charge in [-0.1, -0.05) is 41.9 Å². The van der Waals surface area contributed by atoms with Crippen LogP contribution in [-0.2, 0) is 10.0 Å². The number of aromatic nitrogens is 1. The van der Waals surface area contributed by atoms with E-state index in [1.807, 2.05) is 61.5 Å². The van der Waals surface area contributed by atoms with Gasteiger partial charge in [0.05, 0.1) is 29.3 Å². The Balaban J connectivity index is 1.65. The summed E-state index contributed by atoms with van der Waals surface area (Å²) in [5.41, 5.74) is 6.98. The van der Waals surface area contributed by atoms with Crippen molar-refractivity contribution in [1.82, 2.24) is 14.8 Å². The fourth-order valence-corrected chi connectivity index (χ4v) is 5.67. The second-order valence-corrected chi connectivity index (χ2v) is 10.2. The van der Waals surface area contributed by atoms with Gasteiger partial charge in [0.15, 0.2) is 0 Å². The topological polar surface area (TPSA) is 71.5 Å². The predicted octanol–water partition coefficient (Wildman–Crippen LogP) is 5.50. The van der Waals surface area contributed by atoms with Crippen molar-refractivity contribution >= 4 is 38.2 Å². The smallest absolute Gasteiger partial charge is 0.260 e. The lowest BCUT2D eigenvalue weighted by Crippen LogP contribution is -2.39. The number of fused-ring (bicyclic) bond motifs is 1. The average molecular weight is 492 g/mol. The van der Waals surface area contributed by atoms with E-state index in [-0.39, 0.29) is 10.0 Å². The number of nitrogens with one attached hydrogen (secondary N) is 1. The average Bonchev–Trinajstić information content (AvgIpc) is 3.30. The Morgan fingerprint density at radius 3 is 2.44 bits per heavy atom. The van der Waals surface area contributed by atoms with Crippen LogP contribution in [0.25, 0.3) is 16.6 Å². The van der Waals surface area contributed by atoms with Crippen molar-refractivity contribution in [2.45, 2.75) is 17.9 Å². The van der Waals surface area contributed by atoms with Crippen LogP contribution in [-0.4, -0.2) is 24.9 Å². The molecule has 0 amide bonds. The van der Waals surface area contributed by atoms with Crippen LogP contribution in [0.4, 0.5) is 0 Å². The molecule has 0 unspecified atom stereocenters. The van der Waals surface area contributed by atoms with Gasteiger partial charge in [0.2, 0.25) is 0 Å². The third-order valence-corrected chi connectivity index (χ3v) is 7.79. The summed E-state index contributed by atoms with van der Waals surface area (Å²) in [5.74, 6) is 0.713. The van der Waals surface area contributed by atoms with E-state index >= 15 is 0 Å². The molecular weight excluding hydrogens is 470 g/mol. The number of ether oxygens (including phenoxy) is 1. The maximum absolute atomic E-state index is 13.7. The van der Waals surface area contributed by atoms with Gasteiger partial charge < -0.3 is 10.2 Å². The summed E-state index contributed by atoms with van der Waals surface area (Å²) in [4.78, 5) is 4.74. The summed E-state index contributed by atoms with van der Waals surface area (Å²) in [7, 11) is -2.31. The first-order valence-corrected chi connectivity index (χ1v) is 12.5. The molecule has 1 aliphatic rings. The van der Waals surface area contributed by atoms with Crippen LogP contribution in [0.1, 0.15) is 22.7 Å². The summed E-state index contributed by atoms with van der Waals surface area (Å²) < 4.78 is 33.8. The minimum atomic E-state index is -3.91. The summed E-state index contributed by atoms with van der Waals surface area (Å²) in [6.07, 6.45) is 1.85. The third-order valence-electron chi connectivity index (χ3n) is 5.78. The molecule has 1 aromatic heterocycles.